The van der Waals surface area contributed by atoms with Crippen molar-refractivity contribution < 1.29 is 14.0 Å². The Morgan fingerprint density at radius 1 is 1.15 bits per heavy atom. The van der Waals surface area contributed by atoms with Gasteiger partial charge in [-0.1, -0.05) is 30.3 Å². The van der Waals surface area contributed by atoms with E-state index in [0.717, 1.165) is 29.7 Å². The molecule has 136 valence electrons. The summed E-state index contributed by atoms with van der Waals surface area (Å²) in [6.45, 7) is 1.85. The van der Waals surface area contributed by atoms with Crippen LogP contribution in [0.5, 0.6) is 0 Å². The number of amides is 2. The summed E-state index contributed by atoms with van der Waals surface area (Å²) in [6.07, 6.45) is 1.75. The molecule has 26 heavy (non-hydrogen) atoms. The monoisotopic (exact) mass is 418 g/mol. The predicted molar refractivity (Wildman–Crippen MR) is 101 cm³/mol. The topological polar surface area (TPSA) is 49.4 Å². The van der Waals surface area contributed by atoms with E-state index in [1.807, 2.05) is 29.2 Å². The molecule has 0 saturated carbocycles. The average Bonchev–Trinajstić information content (AvgIpc) is 3.02. The SMILES string of the molecule is O=C(Cc1ccc(F)c(Br)c1)NCc1cccc(CN2CCCC2=O)c1. The summed E-state index contributed by atoms with van der Waals surface area (Å²) in [5.41, 5.74) is 2.80. The van der Waals surface area contributed by atoms with Crippen LogP contribution in [0.15, 0.2) is 46.9 Å². The number of nitrogens with one attached hydrogen (secondary N) is 1. The molecule has 0 atom stereocenters. The number of carbonyl (C=O) groups is 2. The molecule has 4 nitrogen and oxygen atoms in total. The first-order valence-corrected chi connectivity index (χ1v) is 9.37. The molecule has 1 saturated heterocycles. The van der Waals surface area contributed by atoms with Crippen LogP contribution in [0.4, 0.5) is 4.39 Å². The highest BCUT2D eigenvalue weighted by atomic mass is 79.9. The highest BCUT2D eigenvalue weighted by molar-refractivity contribution is 9.10. The normalized spacial score (nSPS) is 13.9. The summed E-state index contributed by atoms with van der Waals surface area (Å²) in [6, 6.07) is 12.5. The van der Waals surface area contributed by atoms with Gasteiger partial charge < -0.3 is 10.2 Å². The lowest BCUT2D eigenvalue weighted by Gasteiger charge is -2.16. The molecule has 0 radical (unpaired) electrons. The van der Waals surface area contributed by atoms with Crippen molar-refractivity contribution in [3.8, 4) is 0 Å². The highest BCUT2D eigenvalue weighted by Gasteiger charge is 2.19. The van der Waals surface area contributed by atoms with E-state index >= 15 is 0 Å². The van der Waals surface area contributed by atoms with Crippen LogP contribution in [-0.4, -0.2) is 23.3 Å². The molecule has 0 unspecified atom stereocenters. The molecule has 0 spiro atoms. The molecule has 2 aromatic carbocycles. The van der Waals surface area contributed by atoms with Crippen molar-refractivity contribution in [3.63, 3.8) is 0 Å². The van der Waals surface area contributed by atoms with Crippen LogP contribution in [0, 0.1) is 5.82 Å². The van der Waals surface area contributed by atoms with Gasteiger partial charge in [-0.15, -0.1) is 0 Å². The van der Waals surface area contributed by atoms with Crippen molar-refractivity contribution in [2.24, 2.45) is 0 Å². The fourth-order valence-corrected chi connectivity index (χ4v) is 3.45. The standard InChI is InChI=1S/C20H20BrFN2O2/c21-17-10-14(6-7-18(17)22)11-19(25)23-12-15-3-1-4-16(9-15)13-24-8-2-5-20(24)26/h1,3-4,6-7,9-10H,2,5,8,11-13H2,(H,23,25). The molecule has 1 fully saturated rings. The predicted octanol–water partition coefficient (Wildman–Crippen LogP) is 3.57. The smallest absolute Gasteiger partial charge is 0.224 e. The Morgan fingerprint density at radius 2 is 1.96 bits per heavy atom. The number of rotatable bonds is 6. The molecule has 6 heteroatoms. The summed E-state index contributed by atoms with van der Waals surface area (Å²) < 4.78 is 13.6. The summed E-state index contributed by atoms with van der Waals surface area (Å²) in [5.74, 6) is -0.264. The summed E-state index contributed by atoms with van der Waals surface area (Å²) in [7, 11) is 0. The van der Waals surface area contributed by atoms with Crippen LogP contribution in [0.2, 0.25) is 0 Å². The number of nitrogens with zero attached hydrogens (tertiary/aromatic N) is 1. The Kier molecular flexibility index (Phi) is 6.04. The number of hydrogen-bond acceptors (Lipinski definition) is 2. The van der Waals surface area contributed by atoms with Gasteiger partial charge in [-0.3, -0.25) is 9.59 Å². The van der Waals surface area contributed by atoms with Crippen LogP contribution in [0.1, 0.15) is 29.5 Å². The Hall–Kier alpha value is -2.21. The molecule has 1 N–H and O–H groups in total. The van der Waals surface area contributed by atoms with Gasteiger partial charge in [-0.25, -0.2) is 4.39 Å². The highest BCUT2D eigenvalue weighted by Crippen LogP contribution is 2.17. The fraction of sp³-hybridized carbons (Fsp3) is 0.300. The second-order valence-electron chi connectivity index (χ2n) is 6.44. The van der Waals surface area contributed by atoms with E-state index in [4.69, 9.17) is 0 Å². The maximum Gasteiger partial charge on any atom is 0.224 e. The molecule has 3 rings (SSSR count). The minimum Gasteiger partial charge on any atom is -0.352 e. The third-order valence-electron chi connectivity index (χ3n) is 4.37. The average molecular weight is 419 g/mol. The van der Waals surface area contributed by atoms with Gasteiger partial charge in [-0.05, 0) is 51.2 Å². The molecule has 2 aromatic rings. The van der Waals surface area contributed by atoms with Crippen molar-refractivity contribution in [2.45, 2.75) is 32.4 Å². The zero-order valence-corrected chi connectivity index (χ0v) is 15.9. The van der Waals surface area contributed by atoms with E-state index < -0.39 is 0 Å². The minimum absolute atomic E-state index is 0.122. The number of halogens is 2. The third-order valence-corrected chi connectivity index (χ3v) is 4.98. The van der Waals surface area contributed by atoms with Crippen molar-refractivity contribution in [2.75, 3.05) is 6.54 Å². The molecule has 1 aliphatic heterocycles. The number of hydrogen-bond donors (Lipinski definition) is 1. The molecule has 0 aromatic heterocycles. The third kappa shape index (κ3) is 4.91. The van der Waals surface area contributed by atoms with Gasteiger partial charge in [0.1, 0.15) is 5.82 Å². The number of likely N-dealkylation sites (tertiary alicyclic amines) is 1. The lowest BCUT2D eigenvalue weighted by atomic mass is 10.1. The zero-order chi connectivity index (χ0) is 18.5. The lowest BCUT2D eigenvalue weighted by Crippen LogP contribution is -2.25. The lowest BCUT2D eigenvalue weighted by molar-refractivity contribution is -0.128. The van der Waals surface area contributed by atoms with Crippen molar-refractivity contribution in [1.29, 1.82) is 0 Å². The quantitative estimate of drug-likeness (QED) is 0.779. The fourth-order valence-electron chi connectivity index (χ4n) is 3.03. The summed E-state index contributed by atoms with van der Waals surface area (Å²) >= 11 is 3.12. The molecule has 0 aliphatic carbocycles. The maximum absolute atomic E-state index is 13.2. The molecule has 1 aliphatic rings. The van der Waals surface area contributed by atoms with Crippen LogP contribution < -0.4 is 5.32 Å². The first kappa shape index (κ1) is 18.6. The van der Waals surface area contributed by atoms with Gasteiger partial charge in [-0.2, -0.15) is 0 Å². The van der Waals surface area contributed by atoms with E-state index in [-0.39, 0.29) is 24.1 Å². The second kappa shape index (κ2) is 8.45. The number of carbonyl (C=O) groups excluding carboxylic acids is 2. The van der Waals surface area contributed by atoms with E-state index in [0.29, 0.717) is 24.0 Å². The molecular formula is C20H20BrFN2O2. The van der Waals surface area contributed by atoms with E-state index in [2.05, 4.69) is 21.2 Å². The molecule has 1 heterocycles. The summed E-state index contributed by atoms with van der Waals surface area (Å²) in [4.78, 5) is 25.7. The Labute approximate surface area is 160 Å². The van der Waals surface area contributed by atoms with Gasteiger partial charge in [0, 0.05) is 26.1 Å². The second-order valence-corrected chi connectivity index (χ2v) is 7.30. The van der Waals surface area contributed by atoms with Gasteiger partial charge in [0.25, 0.3) is 0 Å². The molecular weight excluding hydrogens is 399 g/mol. The maximum atomic E-state index is 13.2. The van der Waals surface area contributed by atoms with Gasteiger partial charge in [0.05, 0.1) is 10.9 Å². The Bertz CT molecular complexity index is 825. The Morgan fingerprint density at radius 3 is 2.69 bits per heavy atom. The van der Waals surface area contributed by atoms with Crippen molar-refractivity contribution in [1.82, 2.24) is 10.2 Å². The number of benzene rings is 2. The summed E-state index contributed by atoms with van der Waals surface area (Å²) in [5, 5.41) is 2.88. The van der Waals surface area contributed by atoms with Crippen LogP contribution in [0.3, 0.4) is 0 Å². The van der Waals surface area contributed by atoms with Gasteiger partial charge in [0.2, 0.25) is 11.8 Å². The minimum atomic E-state index is -0.345. The van der Waals surface area contributed by atoms with Crippen LogP contribution in [-0.2, 0) is 29.1 Å². The zero-order valence-electron chi connectivity index (χ0n) is 14.3. The van der Waals surface area contributed by atoms with Gasteiger partial charge in [0.15, 0.2) is 0 Å². The van der Waals surface area contributed by atoms with E-state index in [1.165, 1.54) is 6.07 Å². The van der Waals surface area contributed by atoms with Crippen molar-refractivity contribution >= 4 is 27.7 Å². The first-order chi connectivity index (χ1) is 12.5. The molecule has 0 bridgehead atoms. The molecule has 2 amide bonds. The van der Waals surface area contributed by atoms with Crippen molar-refractivity contribution in [3.05, 3.63) is 69.4 Å². The Balaban J connectivity index is 1.53. The van der Waals surface area contributed by atoms with Crippen LogP contribution >= 0.6 is 15.9 Å². The van der Waals surface area contributed by atoms with E-state index in [9.17, 15) is 14.0 Å². The first-order valence-electron chi connectivity index (χ1n) is 8.57. The van der Waals surface area contributed by atoms with E-state index in [1.54, 1.807) is 12.1 Å². The van der Waals surface area contributed by atoms with Gasteiger partial charge >= 0.3 is 0 Å². The van der Waals surface area contributed by atoms with Crippen LogP contribution in [0.25, 0.3) is 0 Å². The largest absolute Gasteiger partial charge is 0.352 e.